The lowest BCUT2D eigenvalue weighted by atomic mass is 9.95. The van der Waals surface area contributed by atoms with Crippen molar-refractivity contribution in [2.75, 3.05) is 13.1 Å². The first-order valence-electron chi connectivity index (χ1n) is 8.84. The van der Waals surface area contributed by atoms with Crippen molar-refractivity contribution in [2.45, 2.75) is 30.0 Å². The number of hydrogen-bond donors (Lipinski definition) is 2. The van der Waals surface area contributed by atoms with E-state index in [1.165, 1.54) is 6.07 Å². The second kappa shape index (κ2) is 8.01. The maximum atomic E-state index is 12.7. The van der Waals surface area contributed by atoms with Gasteiger partial charge in [-0.1, -0.05) is 43.3 Å². The van der Waals surface area contributed by atoms with Gasteiger partial charge in [0.1, 0.15) is 0 Å². The Balaban J connectivity index is 1.76. The molecule has 1 aliphatic rings. The monoisotopic (exact) mass is 372 g/mol. The Labute approximate surface area is 154 Å². The molecular formula is C20H24N2O3S. The van der Waals surface area contributed by atoms with E-state index in [-0.39, 0.29) is 22.6 Å². The van der Waals surface area contributed by atoms with Crippen molar-refractivity contribution in [1.29, 1.82) is 0 Å². The molecule has 1 amide bonds. The number of carbonyl (C=O) groups excluding carboxylic acids is 1. The topological polar surface area (TPSA) is 75.3 Å². The molecule has 0 radical (unpaired) electrons. The summed E-state index contributed by atoms with van der Waals surface area (Å²) < 4.78 is 25.4. The molecule has 1 saturated heterocycles. The molecule has 2 N–H and O–H groups in total. The maximum Gasteiger partial charge on any atom is 0.251 e. The van der Waals surface area contributed by atoms with Crippen molar-refractivity contribution in [2.24, 2.45) is 5.92 Å². The molecule has 138 valence electrons. The number of hydrogen-bond acceptors (Lipinski definition) is 4. The fourth-order valence-electron chi connectivity index (χ4n) is 3.19. The van der Waals surface area contributed by atoms with Gasteiger partial charge >= 0.3 is 0 Å². The van der Waals surface area contributed by atoms with Crippen LogP contribution in [0.15, 0.2) is 59.5 Å². The molecule has 0 aliphatic carbocycles. The maximum absolute atomic E-state index is 12.7. The smallest absolute Gasteiger partial charge is 0.251 e. The zero-order valence-corrected chi connectivity index (χ0v) is 15.6. The van der Waals surface area contributed by atoms with Crippen LogP contribution >= 0.6 is 0 Å². The highest BCUT2D eigenvalue weighted by atomic mass is 32.2. The summed E-state index contributed by atoms with van der Waals surface area (Å²) in [4.78, 5) is 12.7. The van der Waals surface area contributed by atoms with Crippen molar-refractivity contribution in [3.05, 3.63) is 65.7 Å². The van der Waals surface area contributed by atoms with Gasteiger partial charge in [-0.3, -0.25) is 4.79 Å². The summed E-state index contributed by atoms with van der Waals surface area (Å²) in [6.45, 7) is 3.84. The third kappa shape index (κ3) is 4.51. The van der Waals surface area contributed by atoms with Gasteiger partial charge in [0.25, 0.3) is 5.91 Å². The average Bonchev–Trinajstić information content (AvgIpc) is 2.64. The predicted octanol–water partition coefficient (Wildman–Crippen LogP) is 2.39. The molecule has 2 atom stereocenters. The van der Waals surface area contributed by atoms with E-state index in [1.807, 2.05) is 18.2 Å². The number of rotatable bonds is 5. The van der Waals surface area contributed by atoms with Crippen LogP contribution in [0.5, 0.6) is 0 Å². The molecule has 2 aromatic rings. The van der Waals surface area contributed by atoms with E-state index in [0.717, 1.165) is 25.1 Å². The fourth-order valence-corrected chi connectivity index (χ4v) is 4.58. The number of piperidine rings is 1. The van der Waals surface area contributed by atoms with Crippen LogP contribution in [0.1, 0.15) is 29.3 Å². The van der Waals surface area contributed by atoms with Crippen LogP contribution < -0.4 is 10.6 Å². The number of benzene rings is 2. The van der Waals surface area contributed by atoms with Gasteiger partial charge < -0.3 is 10.6 Å². The van der Waals surface area contributed by atoms with Crippen molar-refractivity contribution in [3.63, 3.8) is 0 Å². The molecule has 1 heterocycles. The highest BCUT2D eigenvalue weighted by Crippen LogP contribution is 2.18. The van der Waals surface area contributed by atoms with Gasteiger partial charge in [0.2, 0.25) is 0 Å². The Morgan fingerprint density at radius 1 is 1.15 bits per heavy atom. The number of amides is 1. The molecule has 1 aliphatic heterocycles. The van der Waals surface area contributed by atoms with Gasteiger partial charge in [0.05, 0.1) is 10.6 Å². The van der Waals surface area contributed by atoms with E-state index in [0.29, 0.717) is 11.5 Å². The van der Waals surface area contributed by atoms with Crippen molar-refractivity contribution < 1.29 is 13.2 Å². The van der Waals surface area contributed by atoms with Crippen LogP contribution in [0.3, 0.4) is 0 Å². The Kier molecular flexibility index (Phi) is 5.74. The van der Waals surface area contributed by atoms with Crippen molar-refractivity contribution >= 4 is 15.7 Å². The molecule has 5 nitrogen and oxygen atoms in total. The first-order chi connectivity index (χ1) is 12.5. The van der Waals surface area contributed by atoms with Crippen LogP contribution in [-0.4, -0.2) is 33.5 Å². The molecule has 1 fully saturated rings. The van der Waals surface area contributed by atoms with Crippen molar-refractivity contribution in [3.8, 4) is 0 Å². The van der Waals surface area contributed by atoms with Crippen molar-refractivity contribution in [1.82, 2.24) is 10.6 Å². The molecule has 0 bridgehead atoms. The number of nitrogens with one attached hydrogen (secondary N) is 2. The van der Waals surface area contributed by atoms with Gasteiger partial charge in [0.15, 0.2) is 9.84 Å². The SMILES string of the molecule is CC1CNCCC1NC(=O)c1cccc(S(=O)(=O)Cc2ccccc2)c1. The lowest BCUT2D eigenvalue weighted by Gasteiger charge is -2.30. The molecule has 6 heteroatoms. The summed E-state index contributed by atoms with van der Waals surface area (Å²) in [7, 11) is -3.50. The number of carbonyl (C=O) groups is 1. The molecule has 26 heavy (non-hydrogen) atoms. The summed E-state index contributed by atoms with van der Waals surface area (Å²) >= 11 is 0. The zero-order chi connectivity index (χ0) is 18.6. The fraction of sp³-hybridized carbons (Fsp3) is 0.350. The van der Waals surface area contributed by atoms with E-state index in [1.54, 1.807) is 30.3 Å². The lowest BCUT2D eigenvalue weighted by molar-refractivity contribution is 0.0914. The Hall–Kier alpha value is -2.18. The molecule has 0 saturated carbocycles. The summed E-state index contributed by atoms with van der Waals surface area (Å²) in [5.41, 5.74) is 1.11. The van der Waals surface area contributed by atoms with E-state index in [4.69, 9.17) is 0 Å². The first kappa shape index (κ1) is 18.6. The highest BCUT2D eigenvalue weighted by molar-refractivity contribution is 7.90. The molecule has 3 rings (SSSR count). The van der Waals surface area contributed by atoms with Crippen LogP contribution in [0.4, 0.5) is 0 Å². The zero-order valence-electron chi connectivity index (χ0n) is 14.8. The largest absolute Gasteiger partial charge is 0.349 e. The summed E-state index contributed by atoms with van der Waals surface area (Å²) in [6, 6.07) is 15.4. The highest BCUT2D eigenvalue weighted by Gasteiger charge is 2.24. The predicted molar refractivity (Wildman–Crippen MR) is 102 cm³/mol. The Morgan fingerprint density at radius 3 is 2.65 bits per heavy atom. The molecule has 0 spiro atoms. The second-order valence-corrected chi connectivity index (χ2v) is 8.81. The summed E-state index contributed by atoms with van der Waals surface area (Å²) in [6.07, 6.45) is 0.874. The van der Waals surface area contributed by atoms with Gasteiger partial charge in [-0.15, -0.1) is 0 Å². The average molecular weight is 372 g/mol. The minimum Gasteiger partial charge on any atom is -0.349 e. The molecular weight excluding hydrogens is 348 g/mol. The van der Waals surface area contributed by atoms with Gasteiger partial charge in [-0.25, -0.2) is 8.42 Å². The summed E-state index contributed by atoms with van der Waals surface area (Å²) in [5, 5.41) is 6.34. The normalized spacial score (nSPS) is 20.5. The van der Waals surface area contributed by atoms with Gasteiger partial charge in [0, 0.05) is 11.6 Å². The van der Waals surface area contributed by atoms with Gasteiger partial charge in [-0.05, 0) is 49.2 Å². The minimum absolute atomic E-state index is 0.0791. The second-order valence-electron chi connectivity index (χ2n) is 6.82. The van der Waals surface area contributed by atoms with E-state index >= 15 is 0 Å². The van der Waals surface area contributed by atoms with Crippen LogP contribution in [0.2, 0.25) is 0 Å². The standard InChI is InChI=1S/C20H24N2O3S/c1-15-13-21-11-10-19(15)22-20(23)17-8-5-9-18(12-17)26(24,25)14-16-6-3-2-4-7-16/h2-9,12,15,19,21H,10-11,13-14H2,1H3,(H,22,23). The van der Waals surface area contributed by atoms with Crippen LogP contribution in [0, 0.1) is 5.92 Å². The van der Waals surface area contributed by atoms with Crippen LogP contribution in [-0.2, 0) is 15.6 Å². The van der Waals surface area contributed by atoms with E-state index in [9.17, 15) is 13.2 Å². The van der Waals surface area contributed by atoms with E-state index in [2.05, 4.69) is 17.6 Å². The molecule has 2 aromatic carbocycles. The van der Waals surface area contributed by atoms with E-state index < -0.39 is 9.84 Å². The quantitative estimate of drug-likeness (QED) is 0.845. The molecule has 2 unspecified atom stereocenters. The van der Waals surface area contributed by atoms with Crippen LogP contribution in [0.25, 0.3) is 0 Å². The molecule has 0 aromatic heterocycles. The Bertz CT molecular complexity index is 866. The lowest BCUT2D eigenvalue weighted by Crippen LogP contribution is -2.48. The van der Waals surface area contributed by atoms with Gasteiger partial charge in [-0.2, -0.15) is 0 Å². The third-order valence-electron chi connectivity index (χ3n) is 4.76. The third-order valence-corrected chi connectivity index (χ3v) is 6.44. The first-order valence-corrected chi connectivity index (χ1v) is 10.5. The Morgan fingerprint density at radius 2 is 1.92 bits per heavy atom. The summed E-state index contributed by atoms with van der Waals surface area (Å²) in [5.74, 6) is 0.0442. The number of sulfone groups is 1. The minimum atomic E-state index is -3.50.